The molecule has 0 saturated carbocycles. The van der Waals surface area contributed by atoms with Crippen LogP contribution in [0.15, 0.2) is 59.8 Å². The Hall–Kier alpha value is -2.35. The van der Waals surface area contributed by atoms with E-state index in [1.165, 1.54) is 0 Å². The van der Waals surface area contributed by atoms with Crippen LogP contribution in [0.4, 0.5) is 0 Å². The van der Waals surface area contributed by atoms with E-state index in [9.17, 15) is 0 Å². The summed E-state index contributed by atoms with van der Waals surface area (Å²) in [4.78, 5) is 2.43. The van der Waals surface area contributed by atoms with Gasteiger partial charge in [-0.05, 0) is 24.3 Å². The number of hydrogen-bond acceptors (Lipinski definition) is 6. The van der Waals surface area contributed by atoms with Crippen LogP contribution in [0.25, 0.3) is 17.1 Å². The van der Waals surface area contributed by atoms with Crippen LogP contribution in [0.5, 0.6) is 5.75 Å². The Kier molecular flexibility index (Phi) is 6.26. The monoisotopic (exact) mass is 396 g/mol. The van der Waals surface area contributed by atoms with Crippen LogP contribution >= 0.6 is 11.8 Å². The number of methoxy groups -OCH3 is 1. The quantitative estimate of drug-likeness (QED) is 0.571. The van der Waals surface area contributed by atoms with Crippen molar-refractivity contribution in [2.45, 2.75) is 5.16 Å². The van der Waals surface area contributed by atoms with Crippen LogP contribution in [0.2, 0.25) is 0 Å². The summed E-state index contributed by atoms with van der Waals surface area (Å²) in [6.07, 6.45) is 0. The van der Waals surface area contributed by atoms with Crippen molar-refractivity contribution < 1.29 is 9.47 Å². The van der Waals surface area contributed by atoms with Crippen LogP contribution in [-0.2, 0) is 4.74 Å². The first-order valence-corrected chi connectivity index (χ1v) is 10.4. The Morgan fingerprint density at radius 1 is 1.04 bits per heavy atom. The van der Waals surface area contributed by atoms with Crippen molar-refractivity contribution in [2.24, 2.45) is 0 Å². The molecule has 7 heteroatoms. The lowest BCUT2D eigenvalue weighted by molar-refractivity contribution is 0.0410. The third-order valence-electron chi connectivity index (χ3n) is 4.72. The molecule has 0 radical (unpaired) electrons. The normalized spacial score (nSPS) is 14.9. The van der Waals surface area contributed by atoms with Gasteiger partial charge in [-0.1, -0.05) is 42.1 Å². The summed E-state index contributed by atoms with van der Waals surface area (Å²) in [6, 6.07) is 18.2. The fourth-order valence-corrected chi connectivity index (χ4v) is 4.16. The summed E-state index contributed by atoms with van der Waals surface area (Å²) >= 11 is 1.74. The lowest BCUT2D eigenvalue weighted by Gasteiger charge is -2.26. The van der Waals surface area contributed by atoms with E-state index in [4.69, 9.17) is 9.47 Å². The number of rotatable bonds is 7. The highest BCUT2D eigenvalue weighted by molar-refractivity contribution is 7.99. The van der Waals surface area contributed by atoms with Crippen molar-refractivity contribution in [2.75, 3.05) is 45.7 Å². The molecule has 1 fully saturated rings. The third kappa shape index (κ3) is 4.38. The van der Waals surface area contributed by atoms with Crippen molar-refractivity contribution in [3.05, 3.63) is 54.6 Å². The highest BCUT2D eigenvalue weighted by Gasteiger charge is 2.17. The summed E-state index contributed by atoms with van der Waals surface area (Å²) in [6.45, 7) is 4.67. The second kappa shape index (κ2) is 9.23. The molecule has 1 aliphatic rings. The van der Waals surface area contributed by atoms with Crippen LogP contribution in [0.3, 0.4) is 0 Å². The summed E-state index contributed by atoms with van der Waals surface area (Å²) in [5, 5.41) is 9.91. The number of thioether (sulfide) groups is 1. The fraction of sp³-hybridized carbons (Fsp3) is 0.333. The molecule has 0 aliphatic carbocycles. The molecular formula is C21H24N4O2S. The predicted molar refractivity (Wildman–Crippen MR) is 111 cm³/mol. The summed E-state index contributed by atoms with van der Waals surface area (Å²) < 4.78 is 12.9. The predicted octanol–water partition coefficient (Wildman–Crippen LogP) is 3.37. The molecule has 0 N–H and O–H groups in total. The Morgan fingerprint density at radius 3 is 2.64 bits per heavy atom. The van der Waals surface area contributed by atoms with E-state index in [2.05, 4.69) is 31.8 Å². The van der Waals surface area contributed by atoms with Gasteiger partial charge in [-0.2, -0.15) is 0 Å². The highest BCUT2D eigenvalue weighted by Crippen LogP contribution is 2.29. The number of ether oxygens (including phenoxy) is 2. The molecule has 2 heterocycles. The minimum Gasteiger partial charge on any atom is -0.497 e. The fourth-order valence-electron chi connectivity index (χ4n) is 3.21. The molecule has 0 amide bonds. The molecule has 0 unspecified atom stereocenters. The van der Waals surface area contributed by atoms with E-state index < -0.39 is 0 Å². The van der Waals surface area contributed by atoms with Gasteiger partial charge in [-0.25, -0.2) is 0 Å². The van der Waals surface area contributed by atoms with E-state index in [1.54, 1.807) is 18.9 Å². The third-order valence-corrected chi connectivity index (χ3v) is 5.63. The largest absolute Gasteiger partial charge is 0.497 e. The first kappa shape index (κ1) is 19.0. The first-order valence-electron chi connectivity index (χ1n) is 9.43. The maximum Gasteiger partial charge on any atom is 0.196 e. The van der Waals surface area contributed by atoms with E-state index in [1.807, 2.05) is 42.5 Å². The molecule has 2 aromatic carbocycles. The molecule has 0 spiro atoms. The van der Waals surface area contributed by atoms with Gasteiger partial charge in [0.2, 0.25) is 0 Å². The molecule has 0 atom stereocenters. The Labute approximate surface area is 169 Å². The molecule has 6 nitrogen and oxygen atoms in total. The van der Waals surface area contributed by atoms with Crippen molar-refractivity contribution in [1.82, 2.24) is 19.7 Å². The average molecular weight is 397 g/mol. The van der Waals surface area contributed by atoms with Gasteiger partial charge in [-0.15, -0.1) is 10.2 Å². The lowest BCUT2D eigenvalue weighted by Crippen LogP contribution is -2.37. The Balaban J connectivity index is 1.60. The number of nitrogens with zero attached hydrogens (tertiary/aromatic N) is 4. The van der Waals surface area contributed by atoms with Crippen LogP contribution in [-0.4, -0.2) is 65.4 Å². The van der Waals surface area contributed by atoms with Gasteiger partial charge in [0.25, 0.3) is 0 Å². The number of hydrogen-bond donors (Lipinski definition) is 0. The van der Waals surface area contributed by atoms with Gasteiger partial charge >= 0.3 is 0 Å². The number of para-hydroxylation sites is 1. The standard InChI is InChI=1S/C21H24N4O2S/c1-26-19-9-5-6-17(16-19)20-22-23-21(25(20)18-7-3-2-4-8-18)28-15-12-24-10-13-27-14-11-24/h2-9,16H,10-15H2,1H3. The molecule has 28 heavy (non-hydrogen) atoms. The van der Waals surface area contributed by atoms with Gasteiger partial charge in [0.1, 0.15) is 5.75 Å². The smallest absolute Gasteiger partial charge is 0.196 e. The minimum atomic E-state index is 0.807. The van der Waals surface area contributed by atoms with Gasteiger partial charge in [0.05, 0.1) is 20.3 Å². The van der Waals surface area contributed by atoms with Crippen molar-refractivity contribution in [3.63, 3.8) is 0 Å². The van der Waals surface area contributed by atoms with E-state index in [0.717, 1.165) is 66.6 Å². The van der Waals surface area contributed by atoms with Gasteiger partial charge in [0, 0.05) is 36.6 Å². The zero-order valence-corrected chi connectivity index (χ0v) is 16.8. The summed E-state index contributed by atoms with van der Waals surface area (Å²) in [7, 11) is 1.67. The average Bonchev–Trinajstić information content (AvgIpc) is 3.19. The van der Waals surface area contributed by atoms with E-state index in [-0.39, 0.29) is 0 Å². The zero-order valence-electron chi connectivity index (χ0n) is 16.0. The summed E-state index contributed by atoms with van der Waals surface area (Å²) in [5.74, 6) is 2.59. The molecular weight excluding hydrogens is 372 g/mol. The first-order chi connectivity index (χ1) is 13.8. The van der Waals surface area contributed by atoms with Gasteiger partial charge in [0.15, 0.2) is 11.0 Å². The lowest BCUT2D eigenvalue weighted by atomic mass is 10.2. The molecule has 4 rings (SSSR count). The SMILES string of the molecule is COc1cccc(-c2nnc(SCCN3CCOCC3)n2-c2ccccc2)c1. The molecule has 1 aromatic heterocycles. The van der Waals surface area contributed by atoms with Gasteiger partial charge < -0.3 is 9.47 Å². The Morgan fingerprint density at radius 2 is 1.86 bits per heavy atom. The summed E-state index contributed by atoms with van der Waals surface area (Å²) in [5.41, 5.74) is 2.04. The molecule has 1 saturated heterocycles. The van der Waals surface area contributed by atoms with Crippen molar-refractivity contribution >= 4 is 11.8 Å². The topological polar surface area (TPSA) is 52.4 Å². The molecule has 3 aromatic rings. The second-order valence-electron chi connectivity index (χ2n) is 6.51. The van der Waals surface area contributed by atoms with Crippen LogP contribution in [0, 0.1) is 0 Å². The minimum absolute atomic E-state index is 0.807. The van der Waals surface area contributed by atoms with E-state index in [0.29, 0.717) is 0 Å². The van der Waals surface area contributed by atoms with Crippen LogP contribution in [0.1, 0.15) is 0 Å². The maximum atomic E-state index is 5.43. The molecule has 1 aliphatic heterocycles. The maximum absolute atomic E-state index is 5.43. The van der Waals surface area contributed by atoms with Crippen molar-refractivity contribution in [3.8, 4) is 22.8 Å². The van der Waals surface area contributed by atoms with Crippen molar-refractivity contribution in [1.29, 1.82) is 0 Å². The van der Waals surface area contributed by atoms with E-state index >= 15 is 0 Å². The second-order valence-corrected chi connectivity index (χ2v) is 7.57. The molecule has 146 valence electrons. The highest BCUT2D eigenvalue weighted by atomic mass is 32.2. The number of benzene rings is 2. The number of aromatic nitrogens is 3. The number of morpholine rings is 1. The van der Waals surface area contributed by atoms with Crippen LogP contribution < -0.4 is 4.74 Å². The van der Waals surface area contributed by atoms with Gasteiger partial charge in [-0.3, -0.25) is 9.47 Å². The molecule has 0 bridgehead atoms. The zero-order chi connectivity index (χ0) is 19.2. The Bertz CT molecular complexity index is 894.